The minimum Gasteiger partial charge on any atom is -0.380 e. The lowest BCUT2D eigenvalue weighted by Crippen LogP contribution is -2.35. The van der Waals surface area contributed by atoms with Crippen molar-refractivity contribution in [3.63, 3.8) is 0 Å². The summed E-state index contributed by atoms with van der Waals surface area (Å²) < 4.78 is 5.51. The van der Waals surface area contributed by atoms with Gasteiger partial charge in [0.25, 0.3) is 0 Å². The summed E-state index contributed by atoms with van der Waals surface area (Å²) in [6, 6.07) is 0. The van der Waals surface area contributed by atoms with Gasteiger partial charge in [0.05, 0.1) is 13.2 Å². The quantitative estimate of drug-likeness (QED) is 0.393. The van der Waals surface area contributed by atoms with Crippen LogP contribution in [-0.2, 0) is 4.74 Å². The van der Waals surface area contributed by atoms with Gasteiger partial charge in [-0.15, -0.1) is 0 Å². The van der Waals surface area contributed by atoms with E-state index in [-0.39, 0.29) is 0 Å². The van der Waals surface area contributed by atoms with Crippen molar-refractivity contribution in [3.8, 4) is 0 Å². The van der Waals surface area contributed by atoms with Gasteiger partial charge in [-0.3, -0.25) is 4.99 Å². The van der Waals surface area contributed by atoms with E-state index in [1.807, 2.05) is 38.0 Å². The zero-order valence-electron chi connectivity index (χ0n) is 11.7. The minimum atomic E-state index is 0.706. The molecule has 96 valence electrons. The van der Waals surface area contributed by atoms with Crippen LogP contribution in [0.5, 0.6) is 0 Å². The fourth-order valence-electron chi connectivity index (χ4n) is 1.31. The second-order valence-electron chi connectivity index (χ2n) is 4.77. The number of guanidine groups is 1. The molecule has 0 unspecified atom stereocenters. The maximum Gasteiger partial charge on any atom is 0.195 e. The first-order valence-corrected chi connectivity index (χ1v) is 5.92. The van der Waals surface area contributed by atoms with Crippen molar-refractivity contribution in [2.45, 2.75) is 20.3 Å². The van der Waals surface area contributed by atoms with Gasteiger partial charge in [0.2, 0.25) is 0 Å². The SMILES string of the molecule is CC(C)CCOCCN=C(N(C)C)N(C)C. The summed E-state index contributed by atoms with van der Waals surface area (Å²) in [7, 11) is 7.99. The van der Waals surface area contributed by atoms with Crippen molar-refractivity contribution >= 4 is 5.96 Å². The van der Waals surface area contributed by atoms with Crippen LogP contribution < -0.4 is 0 Å². The lowest BCUT2D eigenvalue weighted by molar-refractivity contribution is 0.130. The monoisotopic (exact) mass is 229 g/mol. The molecule has 0 spiro atoms. The van der Waals surface area contributed by atoms with Crippen molar-refractivity contribution in [3.05, 3.63) is 0 Å². The van der Waals surface area contributed by atoms with Crippen LogP contribution in [-0.4, -0.2) is 63.7 Å². The first-order valence-electron chi connectivity index (χ1n) is 5.92. The molecule has 0 amide bonds. The Balaban J connectivity index is 3.72. The number of hydrogen-bond donors (Lipinski definition) is 0. The average molecular weight is 229 g/mol. The highest BCUT2D eigenvalue weighted by Gasteiger charge is 2.02. The lowest BCUT2D eigenvalue weighted by atomic mass is 10.1. The largest absolute Gasteiger partial charge is 0.380 e. The first-order chi connectivity index (χ1) is 7.45. The highest BCUT2D eigenvalue weighted by Crippen LogP contribution is 1.98. The molecule has 0 fully saturated rings. The fourth-order valence-corrected chi connectivity index (χ4v) is 1.31. The molecule has 0 atom stereocenters. The molecule has 0 heterocycles. The third-order valence-electron chi connectivity index (χ3n) is 2.13. The first kappa shape index (κ1) is 15.2. The van der Waals surface area contributed by atoms with E-state index in [2.05, 4.69) is 18.8 Å². The van der Waals surface area contributed by atoms with Crippen molar-refractivity contribution < 1.29 is 4.74 Å². The number of ether oxygens (including phenoxy) is 1. The molecule has 0 rings (SSSR count). The van der Waals surface area contributed by atoms with Crippen molar-refractivity contribution in [1.82, 2.24) is 9.80 Å². The number of rotatable bonds is 6. The predicted octanol–water partition coefficient (Wildman–Crippen LogP) is 1.53. The Labute approximate surface area is 100 Å². The molecular formula is C12H27N3O. The summed E-state index contributed by atoms with van der Waals surface area (Å²) >= 11 is 0. The van der Waals surface area contributed by atoms with Crippen molar-refractivity contribution in [2.24, 2.45) is 10.9 Å². The summed E-state index contributed by atoms with van der Waals surface area (Å²) in [5.74, 6) is 1.69. The highest BCUT2D eigenvalue weighted by atomic mass is 16.5. The van der Waals surface area contributed by atoms with Gasteiger partial charge < -0.3 is 14.5 Å². The second kappa shape index (κ2) is 8.39. The van der Waals surface area contributed by atoms with Gasteiger partial charge in [-0.1, -0.05) is 13.8 Å². The molecule has 0 saturated heterocycles. The molecule has 0 aromatic heterocycles. The van der Waals surface area contributed by atoms with Gasteiger partial charge in [-0.2, -0.15) is 0 Å². The highest BCUT2D eigenvalue weighted by molar-refractivity contribution is 5.79. The van der Waals surface area contributed by atoms with Crippen LogP contribution in [0.3, 0.4) is 0 Å². The molecule has 0 aromatic rings. The second-order valence-corrected chi connectivity index (χ2v) is 4.77. The zero-order chi connectivity index (χ0) is 12.6. The number of hydrogen-bond acceptors (Lipinski definition) is 2. The molecule has 16 heavy (non-hydrogen) atoms. The van der Waals surface area contributed by atoms with E-state index in [4.69, 9.17) is 4.74 Å². The lowest BCUT2D eigenvalue weighted by Gasteiger charge is -2.22. The molecule has 0 saturated carbocycles. The van der Waals surface area contributed by atoms with E-state index in [1.165, 1.54) is 0 Å². The Morgan fingerprint density at radius 2 is 1.62 bits per heavy atom. The van der Waals surface area contributed by atoms with Gasteiger partial charge in [0.15, 0.2) is 5.96 Å². The summed E-state index contributed by atoms with van der Waals surface area (Å²) in [6.07, 6.45) is 1.12. The molecular weight excluding hydrogens is 202 g/mol. The molecule has 4 heteroatoms. The maximum absolute atomic E-state index is 5.51. The van der Waals surface area contributed by atoms with Crippen molar-refractivity contribution in [2.75, 3.05) is 47.9 Å². The van der Waals surface area contributed by atoms with E-state index < -0.39 is 0 Å². The Bertz CT molecular complexity index is 190. The summed E-state index contributed by atoms with van der Waals surface area (Å²) in [5.41, 5.74) is 0. The van der Waals surface area contributed by atoms with Crippen LogP contribution in [0.4, 0.5) is 0 Å². The van der Waals surface area contributed by atoms with Gasteiger partial charge in [-0.05, 0) is 12.3 Å². The van der Waals surface area contributed by atoms with Crippen LogP contribution >= 0.6 is 0 Å². The molecule has 0 aliphatic carbocycles. The molecule has 0 radical (unpaired) electrons. The standard InChI is InChI=1S/C12H27N3O/c1-11(2)7-9-16-10-8-13-12(14(3)4)15(5)6/h11H,7-10H2,1-6H3. The molecule has 0 bridgehead atoms. The Morgan fingerprint density at radius 1 is 1.06 bits per heavy atom. The fraction of sp³-hybridized carbons (Fsp3) is 0.917. The van der Waals surface area contributed by atoms with E-state index >= 15 is 0 Å². The minimum absolute atomic E-state index is 0.706. The molecule has 0 aromatic carbocycles. The summed E-state index contributed by atoms with van der Waals surface area (Å²) in [4.78, 5) is 8.50. The van der Waals surface area contributed by atoms with Gasteiger partial charge in [0, 0.05) is 34.8 Å². The summed E-state index contributed by atoms with van der Waals surface area (Å²) in [6.45, 7) is 6.68. The van der Waals surface area contributed by atoms with Crippen LogP contribution in [0.2, 0.25) is 0 Å². The zero-order valence-corrected chi connectivity index (χ0v) is 11.7. The molecule has 4 nitrogen and oxygen atoms in total. The number of nitrogens with zero attached hydrogens (tertiary/aromatic N) is 3. The summed E-state index contributed by atoms with van der Waals surface area (Å²) in [5, 5.41) is 0. The van der Waals surface area contributed by atoms with E-state index in [9.17, 15) is 0 Å². The smallest absolute Gasteiger partial charge is 0.195 e. The normalized spacial score (nSPS) is 10.4. The van der Waals surface area contributed by atoms with E-state index in [1.54, 1.807) is 0 Å². The van der Waals surface area contributed by atoms with Gasteiger partial charge >= 0.3 is 0 Å². The topological polar surface area (TPSA) is 28.1 Å². The third kappa shape index (κ3) is 7.51. The van der Waals surface area contributed by atoms with E-state index in [0.717, 1.165) is 25.5 Å². The number of aliphatic imine (C=N–C) groups is 1. The van der Waals surface area contributed by atoms with Gasteiger partial charge in [-0.25, -0.2) is 0 Å². The maximum atomic E-state index is 5.51. The van der Waals surface area contributed by atoms with Crippen LogP contribution in [0.1, 0.15) is 20.3 Å². The van der Waals surface area contributed by atoms with Crippen LogP contribution in [0.25, 0.3) is 0 Å². The van der Waals surface area contributed by atoms with Crippen LogP contribution in [0.15, 0.2) is 4.99 Å². The third-order valence-corrected chi connectivity index (χ3v) is 2.13. The average Bonchev–Trinajstić information content (AvgIpc) is 2.14. The molecule has 0 aliphatic heterocycles. The van der Waals surface area contributed by atoms with E-state index in [0.29, 0.717) is 12.5 Å². The Kier molecular flexibility index (Phi) is 7.99. The molecule has 0 N–H and O–H groups in total. The predicted molar refractivity (Wildman–Crippen MR) is 70.0 cm³/mol. The Hall–Kier alpha value is -0.770. The Morgan fingerprint density at radius 3 is 2.06 bits per heavy atom. The van der Waals surface area contributed by atoms with Crippen molar-refractivity contribution in [1.29, 1.82) is 0 Å². The van der Waals surface area contributed by atoms with Gasteiger partial charge in [0.1, 0.15) is 0 Å². The van der Waals surface area contributed by atoms with Crippen LogP contribution in [0, 0.1) is 5.92 Å². The molecule has 0 aliphatic rings.